The summed E-state index contributed by atoms with van der Waals surface area (Å²) in [4.78, 5) is 3.60. The Morgan fingerprint density at radius 3 is 2.23 bits per heavy atom. The van der Waals surface area contributed by atoms with Crippen molar-refractivity contribution in [3.63, 3.8) is 0 Å². The van der Waals surface area contributed by atoms with Crippen LogP contribution in [0.25, 0.3) is 5.70 Å². The van der Waals surface area contributed by atoms with Crippen molar-refractivity contribution in [1.29, 1.82) is 0 Å². The minimum Gasteiger partial charge on any atom is -0.397 e. The minimum absolute atomic E-state index is 0.325. The van der Waals surface area contributed by atoms with Gasteiger partial charge in [-0.15, -0.1) is 0 Å². The maximum absolute atomic E-state index is 13.1. The van der Waals surface area contributed by atoms with Crippen molar-refractivity contribution >= 4 is 5.70 Å². The Kier molecular flexibility index (Phi) is 15.8. The van der Waals surface area contributed by atoms with Gasteiger partial charge in [0.1, 0.15) is 6.23 Å². The van der Waals surface area contributed by atoms with E-state index in [0.717, 1.165) is 6.54 Å². The predicted molar refractivity (Wildman–Crippen MR) is 130 cm³/mol. The Labute approximate surface area is 188 Å². The van der Waals surface area contributed by atoms with E-state index in [9.17, 15) is 9.50 Å². The number of nitrogens with zero attached hydrogens (tertiary/aromatic N) is 2. The van der Waals surface area contributed by atoms with Crippen LogP contribution in [-0.4, -0.2) is 33.9 Å². The quantitative estimate of drug-likeness (QED) is 0.104. The molecule has 7 nitrogen and oxygen atoms in total. The number of halogens is 1. The second-order valence-corrected chi connectivity index (χ2v) is 8.14. The third-order valence-corrected chi connectivity index (χ3v) is 4.33. The van der Waals surface area contributed by atoms with Crippen LogP contribution in [0.3, 0.4) is 0 Å². The Hall–Kier alpha value is -2.00. The van der Waals surface area contributed by atoms with E-state index in [1.807, 2.05) is 34.6 Å². The van der Waals surface area contributed by atoms with Crippen LogP contribution in [-0.2, 0) is 0 Å². The largest absolute Gasteiger partial charge is 0.397 e. The lowest BCUT2D eigenvalue weighted by Gasteiger charge is -2.39. The topological polar surface area (TPSA) is 140 Å². The number of aromatic nitrogens is 1. The van der Waals surface area contributed by atoms with Crippen LogP contribution in [0.15, 0.2) is 30.6 Å². The molecule has 0 aromatic carbocycles. The van der Waals surface area contributed by atoms with Crippen molar-refractivity contribution in [3.05, 3.63) is 47.7 Å². The molecule has 1 rings (SSSR count). The number of aryl methyl sites for hydroxylation is 1. The van der Waals surface area contributed by atoms with Crippen LogP contribution >= 0.6 is 0 Å². The van der Waals surface area contributed by atoms with E-state index in [-0.39, 0.29) is 5.41 Å². The van der Waals surface area contributed by atoms with E-state index in [2.05, 4.69) is 18.5 Å². The van der Waals surface area contributed by atoms with Crippen LogP contribution in [0, 0.1) is 18.3 Å². The molecule has 1 heterocycles. The van der Waals surface area contributed by atoms with Gasteiger partial charge in [0, 0.05) is 18.0 Å². The molecule has 1 aromatic heterocycles. The van der Waals surface area contributed by atoms with E-state index >= 15 is 0 Å². The van der Waals surface area contributed by atoms with Gasteiger partial charge in [-0.2, -0.15) is 4.39 Å². The zero-order valence-corrected chi connectivity index (χ0v) is 20.5. The van der Waals surface area contributed by atoms with Gasteiger partial charge in [-0.25, -0.2) is 10.8 Å². The molecule has 0 aliphatic rings. The number of hydrogen-bond acceptors (Lipinski definition) is 7. The molecule has 0 amide bonds. The summed E-state index contributed by atoms with van der Waals surface area (Å²) in [7, 11) is 0. The predicted octanol–water partition coefficient (Wildman–Crippen LogP) is 3.37. The van der Waals surface area contributed by atoms with Crippen molar-refractivity contribution in [2.45, 2.75) is 80.0 Å². The van der Waals surface area contributed by atoms with Gasteiger partial charge in [0.2, 0.25) is 5.95 Å². The number of aliphatic hydroxyl groups excluding tert-OH is 1. The lowest BCUT2D eigenvalue weighted by molar-refractivity contribution is 0.132. The molecule has 0 saturated heterocycles. The first-order valence-electron chi connectivity index (χ1n) is 10.8. The number of nitrogens with two attached hydrogens (primary N) is 4. The first-order valence-corrected chi connectivity index (χ1v) is 10.8. The van der Waals surface area contributed by atoms with Crippen molar-refractivity contribution in [1.82, 2.24) is 9.99 Å². The maximum atomic E-state index is 13.1. The highest BCUT2D eigenvalue weighted by molar-refractivity contribution is 5.64. The summed E-state index contributed by atoms with van der Waals surface area (Å²) in [6, 6.07) is 0.843. The smallest absolute Gasteiger partial charge is 0.213 e. The van der Waals surface area contributed by atoms with Crippen molar-refractivity contribution < 1.29 is 9.50 Å². The van der Waals surface area contributed by atoms with E-state index in [0.29, 0.717) is 22.4 Å². The van der Waals surface area contributed by atoms with Gasteiger partial charge in [-0.1, -0.05) is 61.0 Å². The van der Waals surface area contributed by atoms with E-state index in [4.69, 9.17) is 23.0 Å². The van der Waals surface area contributed by atoms with Gasteiger partial charge in [0.05, 0.1) is 11.7 Å². The van der Waals surface area contributed by atoms with Gasteiger partial charge in [-0.3, -0.25) is 0 Å². The Balaban J connectivity index is 0. The Morgan fingerprint density at radius 2 is 1.87 bits per heavy atom. The number of unbranched alkanes of at least 4 members (excludes halogenated alkanes) is 2. The first kappa shape index (κ1) is 31.2. The average molecular weight is 441 g/mol. The molecule has 2 unspecified atom stereocenters. The monoisotopic (exact) mass is 440 g/mol. The normalized spacial score (nSPS) is 13.2. The summed E-state index contributed by atoms with van der Waals surface area (Å²) in [5.74, 6) is 5.54. The summed E-state index contributed by atoms with van der Waals surface area (Å²) in [5, 5.41) is 11.0. The minimum atomic E-state index is -1.20. The van der Waals surface area contributed by atoms with Crippen LogP contribution in [0.5, 0.6) is 0 Å². The van der Waals surface area contributed by atoms with E-state index in [1.54, 1.807) is 6.92 Å². The SMILES string of the molecule is C=C(C(N)O)C(N(N)/C=C(\N)c1cnc(F)cc1C)C(C)(C)C.CC.CCCCCN. The number of rotatable bonds is 8. The Morgan fingerprint density at radius 1 is 1.32 bits per heavy atom. The summed E-state index contributed by atoms with van der Waals surface area (Å²) in [6.07, 6.45) is 5.41. The third-order valence-electron chi connectivity index (χ3n) is 4.33. The second kappa shape index (κ2) is 15.8. The highest BCUT2D eigenvalue weighted by Crippen LogP contribution is 2.29. The highest BCUT2D eigenvalue weighted by atomic mass is 19.1. The highest BCUT2D eigenvalue weighted by Gasteiger charge is 2.32. The van der Waals surface area contributed by atoms with E-state index < -0.39 is 18.2 Å². The lowest BCUT2D eigenvalue weighted by Crippen LogP contribution is -2.50. The van der Waals surface area contributed by atoms with Gasteiger partial charge in [0.25, 0.3) is 0 Å². The molecule has 0 radical (unpaired) electrons. The molecule has 0 bridgehead atoms. The first-order chi connectivity index (χ1) is 14.4. The van der Waals surface area contributed by atoms with Gasteiger partial charge >= 0.3 is 0 Å². The fourth-order valence-corrected chi connectivity index (χ4v) is 2.88. The fourth-order valence-electron chi connectivity index (χ4n) is 2.88. The zero-order valence-electron chi connectivity index (χ0n) is 20.5. The molecule has 0 spiro atoms. The molecule has 8 heteroatoms. The number of pyridine rings is 1. The van der Waals surface area contributed by atoms with Gasteiger partial charge in [0.15, 0.2) is 0 Å². The maximum Gasteiger partial charge on any atom is 0.213 e. The molecule has 0 fully saturated rings. The second-order valence-electron chi connectivity index (χ2n) is 8.14. The zero-order chi connectivity index (χ0) is 24.8. The number of hydrogen-bond donors (Lipinski definition) is 5. The van der Waals surface area contributed by atoms with Crippen molar-refractivity contribution in [3.8, 4) is 0 Å². The van der Waals surface area contributed by atoms with Crippen LogP contribution in [0.4, 0.5) is 4.39 Å². The molecule has 1 aromatic rings. The molecule has 2 atom stereocenters. The fraction of sp³-hybridized carbons (Fsp3) is 0.609. The molecule has 31 heavy (non-hydrogen) atoms. The molecule has 9 N–H and O–H groups in total. The van der Waals surface area contributed by atoms with Crippen LogP contribution in [0.1, 0.15) is 71.9 Å². The molecule has 0 saturated carbocycles. The molecular weight excluding hydrogens is 395 g/mol. The average Bonchev–Trinajstić information content (AvgIpc) is 2.67. The summed E-state index contributed by atoms with van der Waals surface area (Å²) in [5.41, 5.74) is 18.4. The van der Waals surface area contributed by atoms with Crippen molar-refractivity contribution in [2.75, 3.05) is 6.54 Å². The third kappa shape index (κ3) is 11.8. The standard InChI is InChI=1S/C16H26FN5O.C5H13N.C2H6/c1-9-6-13(17)21-7-11(9)12(18)8-22(20)14(16(3,4)5)10(2)15(19)23;1-2-3-4-5-6;1-2/h6-8,14-15,23H,2,18-20H2,1,3-5H3;2-6H2,1H3;1-2H3/b12-8-;;. The summed E-state index contributed by atoms with van der Waals surface area (Å²) < 4.78 is 13.1. The molecule has 0 aliphatic carbocycles. The summed E-state index contributed by atoms with van der Waals surface area (Å²) in [6.45, 7) is 18.4. The number of hydrazine groups is 1. The molecule has 0 aliphatic heterocycles. The summed E-state index contributed by atoms with van der Waals surface area (Å²) >= 11 is 0. The Bertz CT molecular complexity index is 667. The number of aliphatic hydroxyl groups is 1. The van der Waals surface area contributed by atoms with Gasteiger partial charge < -0.3 is 27.3 Å². The lowest BCUT2D eigenvalue weighted by atomic mass is 9.81. The van der Waals surface area contributed by atoms with Crippen LogP contribution < -0.4 is 23.0 Å². The molecular formula is C23H45FN6O. The van der Waals surface area contributed by atoms with Crippen LogP contribution in [0.2, 0.25) is 0 Å². The van der Waals surface area contributed by atoms with Crippen molar-refractivity contribution in [2.24, 2.45) is 28.5 Å². The van der Waals surface area contributed by atoms with Gasteiger partial charge in [-0.05, 0) is 42.5 Å². The van der Waals surface area contributed by atoms with E-state index in [1.165, 1.54) is 42.7 Å². The molecule has 180 valence electrons.